The molecular formula is C17H23N3O3S. The zero-order valence-corrected chi connectivity index (χ0v) is 15.3. The minimum Gasteiger partial charge on any atom is -0.493 e. The normalized spacial score (nSPS) is 10.5. The second kappa shape index (κ2) is 8.63. The Hall–Kier alpha value is -2.15. The van der Waals surface area contributed by atoms with Crippen molar-refractivity contribution in [3.05, 3.63) is 36.2 Å². The molecule has 1 amide bonds. The number of thioether (sulfide) groups is 1. The summed E-state index contributed by atoms with van der Waals surface area (Å²) in [4.78, 5) is 18.3. The summed E-state index contributed by atoms with van der Waals surface area (Å²) in [6.45, 7) is 3.41. The standard InChI is InChI=1S/C17H23N3O3S/c1-5-20-9-8-18-17(20)24-12-16(21)19(2)11-13-6-7-14(22-3)15(10-13)23-4/h6-10H,5,11-12H2,1-4H3. The van der Waals surface area contributed by atoms with E-state index >= 15 is 0 Å². The molecule has 0 saturated carbocycles. The smallest absolute Gasteiger partial charge is 0.233 e. The molecule has 0 fully saturated rings. The number of hydrogen-bond acceptors (Lipinski definition) is 5. The van der Waals surface area contributed by atoms with Gasteiger partial charge in [-0.15, -0.1) is 0 Å². The highest BCUT2D eigenvalue weighted by Crippen LogP contribution is 2.28. The van der Waals surface area contributed by atoms with Gasteiger partial charge in [-0.3, -0.25) is 4.79 Å². The van der Waals surface area contributed by atoms with Crippen LogP contribution in [-0.4, -0.2) is 47.4 Å². The maximum atomic E-state index is 12.3. The Balaban J connectivity index is 1.94. The number of carbonyl (C=O) groups excluding carboxylic acids is 1. The summed E-state index contributed by atoms with van der Waals surface area (Å²) >= 11 is 1.45. The summed E-state index contributed by atoms with van der Waals surface area (Å²) in [5.41, 5.74) is 0.989. The zero-order valence-electron chi connectivity index (χ0n) is 14.5. The summed E-state index contributed by atoms with van der Waals surface area (Å²) in [5, 5.41) is 0.866. The maximum absolute atomic E-state index is 12.3. The molecule has 0 unspecified atom stereocenters. The molecule has 0 saturated heterocycles. The first-order valence-electron chi connectivity index (χ1n) is 7.67. The lowest BCUT2D eigenvalue weighted by Gasteiger charge is -2.18. The van der Waals surface area contributed by atoms with Crippen LogP contribution >= 0.6 is 11.8 Å². The molecule has 1 aromatic heterocycles. The van der Waals surface area contributed by atoms with Crippen molar-refractivity contribution >= 4 is 17.7 Å². The minimum atomic E-state index is 0.0560. The fraction of sp³-hybridized carbons (Fsp3) is 0.412. The topological polar surface area (TPSA) is 56.6 Å². The van der Waals surface area contributed by atoms with E-state index in [9.17, 15) is 4.79 Å². The van der Waals surface area contributed by atoms with E-state index in [0.717, 1.165) is 17.3 Å². The lowest BCUT2D eigenvalue weighted by molar-refractivity contribution is -0.127. The number of rotatable bonds is 8. The minimum absolute atomic E-state index is 0.0560. The van der Waals surface area contributed by atoms with Crippen LogP contribution in [0.15, 0.2) is 35.7 Å². The van der Waals surface area contributed by atoms with E-state index in [0.29, 0.717) is 23.8 Å². The predicted molar refractivity (Wildman–Crippen MR) is 94.6 cm³/mol. The van der Waals surface area contributed by atoms with Crippen LogP contribution in [0.25, 0.3) is 0 Å². The SMILES string of the molecule is CCn1ccnc1SCC(=O)N(C)Cc1ccc(OC)c(OC)c1. The largest absolute Gasteiger partial charge is 0.493 e. The van der Waals surface area contributed by atoms with E-state index in [1.165, 1.54) is 11.8 Å². The van der Waals surface area contributed by atoms with Crippen LogP contribution in [0, 0.1) is 0 Å². The van der Waals surface area contributed by atoms with Crippen LogP contribution in [0.2, 0.25) is 0 Å². The van der Waals surface area contributed by atoms with Crippen molar-refractivity contribution in [3.63, 3.8) is 0 Å². The predicted octanol–water partition coefficient (Wildman–Crippen LogP) is 2.67. The van der Waals surface area contributed by atoms with E-state index in [2.05, 4.69) is 11.9 Å². The van der Waals surface area contributed by atoms with Gasteiger partial charge in [0.25, 0.3) is 0 Å². The van der Waals surface area contributed by atoms with Gasteiger partial charge in [0.2, 0.25) is 5.91 Å². The highest BCUT2D eigenvalue weighted by Gasteiger charge is 2.13. The highest BCUT2D eigenvalue weighted by atomic mass is 32.2. The maximum Gasteiger partial charge on any atom is 0.233 e. The third-order valence-electron chi connectivity index (χ3n) is 3.64. The van der Waals surface area contributed by atoms with Crippen molar-refractivity contribution in [1.29, 1.82) is 0 Å². The Morgan fingerprint density at radius 2 is 2.04 bits per heavy atom. The number of nitrogens with zero attached hydrogens (tertiary/aromatic N) is 3. The van der Waals surface area contributed by atoms with Crippen LogP contribution < -0.4 is 9.47 Å². The van der Waals surface area contributed by atoms with E-state index in [1.807, 2.05) is 29.0 Å². The number of ether oxygens (including phenoxy) is 2. The summed E-state index contributed by atoms with van der Waals surface area (Å²) in [7, 11) is 5.00. The van der Waals surface area contributed by atoms with Gasteiger partial charge in [0.05, 0.1) is 20.0 Å². The first-order chi connectivity index (χ1) is 11.6. The molecule has 0 radical (unpaired) electrons. The molecule has 0 aliphatic rings. The van der Waals surface area contributed by atoms with Crippen LogP contribution in [0.4, 0.5) is 0 Å². The molecule has 130 valence electrons. The second-order valence-electron chi connectivity index (χ2n) is 5.22. The van der Waals surface area contributed by atoms with Crippen LogP contribution in [-0.2, 0) is 17.9 Å². The fourth-order valence-corrected chi connectivity index (χ4v) is 3.22. The molecule has 0 atom stereocenters. The van der Waals surface area contributed by atoms with Crippen molar-refractivity contribution in [2.24, 2.45) is 0 Å². The molecule has 2 rings (SSSR count). The van der Waals surface area contributed by atoms with E-state index in [1.54, 1.807) is 32.4 Å². The molecule has 0 bridgehead atoms. The van der Waals surface area contributed by atoms with Gasteiger partial charge in [-0.1, -0.05) is 17.8 Å². The molecule has 7 heteroatoms. The van der Waals surface area contributed by atoms with Crippen molar-refractivity contribution in [3.8, 4) is 11.5 Å². The zero-order chi connectivity index (χ0) is 17.5. The van der Waals surface area contributed by atoms with Gasteiger partial charge in [-0.05, 0) is 24.6 Å². The number of imidazole rings is 1. The third kappa shape index (κ3) is 4.44. The molecule has 2 aromatic rings. The Labute approximate surface area is 146 Å². The monoisotopic (exact) mass is 349 g/mol. The first kappa shape index (κ1) is 18.2. The number of carbonyl (C=O) groups is 1. The van der Waals surface area contributed by atoms with E-state index in [4.69, 9.17) is 9.47 Å². The number of aromatic nitrogens is 2. The third-order valence-corrected chi connectivity index (χ3v) is 4.63. The molecule has 0 aliphatic heterocycles. The molecule has 0 spiro atoms. The number of amides is 1. The van der Waals surface area contributed by atoms with Gasteiger partial charge in [-0.2, -0.15) is 0 Å². The molecule has 24 heavy (non-hydrogen) atoms. The van der Waals surface area contributed by atoms with Crippen molar-refractivity contribution in [2.75, 3.05) is 27.0 Å². The first-order valence-corrected chi connectivity index (χ1v) is 8.66. The Morgan fingerprint density at radius 1 is 1.29 bits per heavy atom. The lowest BCUT2D eigenvalue weighted by Crippen LogP contribution is -2.27. The molecular weight excluding hydrogens is 326 g/mol. The van der Waals surface area contributed by atoms with Gasteiger partial charge in [0.1, 0.15) is 0 Å². The molecule has 1 aromatic carbocycles. The quantitative estimate of drug-likeness (QED) is 0.686. The van der Waals surface area contributed by atoms with Crippen molar-refractivity contribution < 1.29 is 14.3 Å². The van der Waals surface area contributed by atoms with Gasteiger partial charge in [0.15, 0.2) is 16.7 Å². The Bertz CT molecular complexity index is 687. The Kier molecular flexibility index (Phi) is 6.54. The Morgan fingerprint density at radius 3 is 2.71 bits per heavy atom. The average molecular weight is 349 g/mol. The number of aryl methyl sites for hydroxylation is 1. The molecule has 6 nitrogen and oxygen atoms in total. The van der Waals surface area contributed by atoms with Crippen molar-refractivity contribution in [1.82, 2.24) is 14.5 Å². The second-order valence-corrected chi connectivity index (χ2v) is 6.17. The number of benzene rings is 1. The summed E-state index contributed by atoms with van der Waals surface area (Å²) in [6.07, 6.45) is 3.67. The number of hydrogen-bond donors (Lipinski definition) is 0. The van der Waals surface area contributed by atoms with Gasteiger partial charge < -0.3 is 18.9 Å². The lowest BCUT2D eigenvalue weighted by atomic mass is 10.2. The summed E-state index contributed by atoms with van der Waals surface area (Å²) in [6, 6.07) is 5.67. The summed E-state index contributed by atoms with van der Waals surface area (Å²) < 4.78 is 12.5. The van der Waals surface area contributed by atoms with Crippen LogP contribution in [0.3, 0.4) is 0 Å². The molecule has 0 N–H and O–H groups in total. The fourth-order valence-electron chi connectivity index (χ4n) is 2.25. The van der Waals surface area contributed by atoms with Crippen molar-refractivity contribution in [2.45, 2.75) is 25.2 Å². The van der Waals surface area contributed by atoms with Gasteiger partial charge >= 0.3 is 0 Å². The van der Waals surface area contributed by atoms with E-state index < -0.39 is 0 Å². The van der Waals surface area contributed by atoms with Gasteiger partial charge in [-0.25, -0.2) is 4.98 Å². The average Bonchev–Trinajstić information content (AvgIpc) is 3.06. The van der Waals surface area contributed by atoms with Gasteiger partial charge in [0, 0.05) is 32.5 Å². The highest BCUT2D eigenvalue weighted by molar-refractivity contribution is 7.99. The molecule has 0 aliphatic carbocycles. The van der Waals surface area contributed by atoms with Crippen LogP contribution in [0.5, 0.6) is 11.5 Å². The number of methoxy groups -OCH3 is 2. The summed E-state index contributed by atoms with van der Waals surface area (Å²) in [5.74, 6) is 1.76. The molecule has 1 heterocycles. The van der Waals surface area contributed by atoms with Crippen LogP contribution in [0.1, 0.15) is 12.5 Å². The van der Waals surface area contributed by atoms with E-state index in [-0.39, 0.29) is 5.91 Å².